The van der Waals surface area contributed by atoms with Crippen molar-refractivity contribution in [2.24, 2.45) is 5.73 Å². The lowest BCUT2D eigenvalue weighted by Crippen LogP contribution is -2.39. The van der Waals surface area contributed by atoms with E-state index in [0.29, 0.717) is 6.04 Å². The maximum atomic E-state index is 5.44. The van der Waals surface area contributed by atoms with Gasteiger partial charge in [-0.15, -0.1) is 0 Å². The predicted octanol–water partition coefficient (Wildman–Crippen LogP) is 0.411. The minimum absolute atomic E-state index is 0. The van der Waals surface area contributed by atoms with Crippen molar-refractivity contribution in [1.82, 2.24) is 17.6 Å². The van der Waals surface area contributed by atoms with Crippen LogP contribution >= 0.6 is 0 Å². The zero-order valence-electron chi connectivity index (χ0n) is 6.60. The molecule has 0 aromatic heterocycles. The summed E-state index contributed by atoms with van der Waals surface area (Å²) in [5.74, 6) is 0. The summed E-state index contributed by atoms with van der Waals surface area (Å²) in [5.41, 5.74) is 5.44. The number of piperidine rings is 1. The molecule has 1 aliphatic rings. The van der Waals surface area contributed by atoms with Crippen molar-refractivity contribution in [2.75, 3.05) is 13.1 Å². The van der Waals surface area contributed by atoms with Crippen LogP contribution in [-0.2, 0) is 0 Å². The largest absolute Gasteiger partial charge is 0.344 e. The van der Waals surface area contributed by atoms with E-state index in [1.54, 1.807) is 0 Å². The van der Waals surface area contributed by atoms with Gasteiger partial charge in [0.15, 0.2) is 0 Å². The standard InChI is InChI=1S/C6H14N2.2H3N/c7-5-6-3-1-2-4-8-6;;/h6,8H,1-5,7H2;2*1H3. The number of nitrogens with one attached hydrogen (secondary N) is 1. The summed E-state index contributed by atoms with van der Waals surface area (Å²) in [6, 6.07) is 0.615. The Morgan fingerprint density at radius 1 is 1.30 bits per heavy atom. The van der Waals surface area contributed by atoms with Crippen LogP contribution in [0.4, 0.5) is 0 Å². The summed E-state index contributed by atoms with van der Waals surface area (Å²) < 4.78 is 0. The highest BCUT2D eigenvalue weighted by Crippen LogP contribution is 2.04. The van der Waals surface area contributed by atoms with E-state index in [4.69, 9.17) is 5.73 Å². The second-order valence-corrected chi connectivity index (χ2v) is 2.38. The molecule has 0 radical (unpaired) electrons. The Labute approximate surface area is 62.7 Å². The number of hydrogen-bond donors (Lipinski definition) is 4. The molecule has 1 aliphatic heterocycles. The summed E-state index contributed by atoms with van der Waals surface area (Å²) in [6.07, 6.45) is 3.96. The van der Waals surface area contributed by atoms with Gasteiger partial charge in [-0.2, -0.15) is 0 Å². The van der Waals surface area contributed by atoms with Crippen LogP contribution in [-0.4, -0.2) is 19.1 Å². The maximum Gasteiger partial charge on any atom is 0.0190 e. The fourth-order valence-electron chi connectivity index (χ4n) is 1.13. The fraction of sp³-hybridized carbons (Fsp3) is 1.00. The van der Waals surface area contributed by atoms with Gasteiger partial charge in [-0.3, -0.25) is 0 Å². The van der Waals surface area contributed by atoms with Crippen molar-refractivity contribution in [3.05, 3.63) is 0 Å². The van der Waals surface area contributed by atoms with Crippen LogP contribution in [0.3, 0.4) is 0 Å². The normalized spacial score (nSPS) is 24.3. The minimum atomic E-state index is 0. The van der Waals surface area contributed by atoms with Gasteiger partial charge in [0.1, 0.15) is 0 Å². The molecule has 1 rings (SSSR count). The molecule has 9 N–H and O–H groups in total. The Balaban J connectivity index is 0. The van der Waals surface area contributed by atoms with Gasteiger partial charge in [-0.25, -0.2) is 0 Å². The molecule has 1 saturated heterocycles. The van der Waals surface area contributed by atoms with Crippen molar-refractivity contribution in [3.8, 4) is 0 Å². The van der Waals surface area contributed by atoms with Crippen molar-refractivity contribution < 1.29 is 0 Å². The molecule has 0 amide bonds. The summed E-state index contributed by atoms with van der Waals surface area (Å²) >= 11 is 0. The quantitative estimate of drug-likeness (QED) is 0.432. The van der Waals surface area contributed by atoms with Gasteiger partial charge in [0.2, 0.25) is 0 Å². The van der Waals surface area contributed by atoms with E-state index in [1.165, 1.54) is 25.8 Å². The zero-order valence-corrected chi connectivity index (χ0v) is 6.60. The summed E-state index contributed by atoms with van der Waals surface area (Å²) in [4.78, 5) is 0. The van der Waals surface area contributed by atoms with E-state index >= 15 is 0 Å². The molecule has 0 saturated carbocycles. The molecule has 1 fully saturated rings. The Morgan fingerprint density at radius 2 is 2.00 bits per heavy atom. The lowest BCUT2D eigenvalue weighted by molar-refractivity contribution is 0.407. The van der Waals surface area contributed by atoms with E-state index in [2.05, 4.69) is 5.32 Å². The second kappa shape index (κ2) is 6.95. The zero-order chi connectivity index (χ0) is 5.82. The van der Waals surface area contributed by atoms with Crippen LogP contribution < -0.4 is 23.4 Å². The predicted molar refractivity (Wildman–Crippen MR) is 44.7 cm³/mol. The molecule has 0 aromatic rings. The Hall–Kier alpha value is -0.160. The molecule has 1 heterocycles. The molecule has 4 nitrogen and oxygen atoms in total. The van der Waals surface area contributed by atoms with E-state index < -0.39 is 0 Å². The molecule has 0 bridgehead atoms. The Morgan fingerprint density at radius 3 is 2.30 bits per heavy atom. The number of rotatable bonds is 1. The van der Waals surface area contributed by atoms with Crippen LogP contribution in [0, 0.1) is 0 Å². The molecule has 0 aromatic carbocycles. The van der Waals surface area contributed by atoms with Crippen LogP contribution in [0.1, 0.15) is 19.3 Å². The smallest absolute Gasteiger partial charge is 0.0190 e. The monoisotopic (exact) mass is 148 g/mol. The summed E-state index contributed by atoms with van der Waals surface area (Å²) in [5, 5.41) is 3.34. The third kappa shape index (κ3) is 3.79. The lowest BCUT2D eigenvalue weighted by atomic mass is 10.1. The molecular formula is C6H20N4. The van der Waals surface area contributed by atoms with Gasteiger partial charge >= 0.3 is 0 Å². The molecule has 4 heteroatoms. The molecular weight excluding hydrogens is 128 g/mol. The topological polar surface area (TPSA) is 108 Å². The Bertz CT molecular complexity index is 60.8. The first kappa shape index (κ1) is 12.5. The summed E-state index contributed by atoms with van der Waals surface area (Å²) in [7, 11) is 0. The van der Waals surface area contributed by atoms with Crippen LogP contribution in [0.2, 0.25) is 0 Å². The highest BCUT2D eigenvalue weighted by molar-refractivity contribution is 4.71. The molecule has 1 atom stereocenters. The van der Waals surface area contributed by atoms with Gasteiger partial charge in [0.25, 0.3) is 0 Å². The SMILES string of the molecule is N.N.NCC1CCCCN1. The van der Waals surface area contributed by atoms with Crippen molar-refractivity contribution in [3.63, 3.8) is 0 Å². The minimum Gasteiger partial charge on any atom is -0.344 e. The van der Waals surface area contributed by atoms with Gasteiger partial charge < -0.3 is 23.4 Å². The first-order chi connectivity index (χ1) is 3.93. The Kier molecular flexibility index (Phi) is 8.70. The van der Waals surface area contributed by atoms with Gasteiger partial charge in [-0.1, -0.05) is 6.42 Å². The van der Waals surface area contributed by atoms with E-state index in [9.17, 15) is 0 Å². The van der Waals surface area contributed by atoms with E-state index in [-0.39, 0.29) is 12.3 Å². The van der Waals surface area contributed by atoms with Crippen molar-refractivity contribution in [1.29, 1.82) is 0 Å². The molecule has 1 unspecified atom stereocenters. The fourth-order valence-corrected chi connectivity index (χ4v) is 1.13. The first-order valence-corrected chi connectivity index (χ1v) is 3.37. The van der Waals surface area contributed by atoms with Gasteiger partial charge in [0.05, 0.1) is 0 Å². The highest BCUT2D eigenvalue weighted by Gasteiger charge is 2.08. The van der Waals surface area contributed by atoms with Crippen LogP contribution in [0.5, 0.6) is 0 Å². The number of nitrogens with two attached hydrogens (primary N) is 1. The molecule has 64 valence electrons. The summed E-state index contributed by atoms with van der Waals surface area (Å²) in [6.45, 7) is 1.97. The molecule has 0 aliphatic carbocycles. The second-order valence-electron chi connectivity index (χ2n) is 2.38. The van der Waals surface area contributed by atoms with Crippen LogP contribution in [0.25, 0.3) is 0 Å². The van der Waals surface area contributed by atoms with Crippen molar-refractivity contribution in [2.45, 2.75) is 25.3 Å². The average molecular weight is 148 g/mol. The molecule has 10 heavy (non-hydrogen) atoms. The van der Waals surface area contributed by atoms with Gasteiger partial charge in [-0.05, 0) is 19.4 Å². The van der Waals surface area contributed by atoms with Gasteiger partial charge in [0, 0.05) is 12.6 Å². The van der Waals surface area contributed by atoms with Crippen LogP contribution in [0.15, 0.2) is 0 Å². The number of hydrogen-bond acceptors (Lipinski definition) is 4. The van der Waals surface area contributed by atoms with Crippen molar-refractivity contribution >= 4 is 0 Å². The van der Waals surface area contributed by atoms with E-state index in [1.807, 2.05) is 0 Å². The molecule has 0 spiro atoms. The highest BCUT2D eigenvalue weighted by atomic mass is 14.9. The lowest BCUT2D eigenvalue weighted by Gasteiger charge is -2.21. The third-order valence-electron chi connectivity index (χ3n) is 1.70. The first-order valence-electron chi connectivity index (χ1n) is 3.37. The third-order valence-corrected chi connectivity index (χ3v) is 1.70. The van der Waals surface area contributed by atoms with E-state index in [0.717, 1.165) is 6.54 Å². The average Bonchev–Trinajstić information content (AvgIpc) is 1.90. The maximum absolute atomic E-state index is 5.44.